The highest BCUT2D eigenvalue weighted by atomic mass is 35.5. The fourth-order valence-electron chi connectivity index (χ4n) is 1.01. The van der Waals surface area contributed by atoms with E-state index in [1.807, 2.05) is 0 Å². The summed E-state index contributed by atoms with van der Waals surface area (Å²) in [5.74, 6) is 0. The zero-order valence-corrected chi connectivity index (χ0v) is 7.94. The van der Waals surface area contributed by atoms with Gasteiger partial charge in [0.05, 0.1) is 4.34 Å². The van der Waals surface area contributed by atoms with E-state index in [1.54, 1.807) is 5.38 Å². The predicted octanol–water partition coefficient (Wildman–Crippen LogP) is 3.82. The summed E-state index contributed by atoms with van der Waals surface area (Å²) in [6.45, 7) is 1.68. The summed E-state index contributed by atoms with van der Waals surface area (Å²) in [7, 11) is 0. The molecule has 0 aliphatic rings. The molecule has 0 atom stereocenters. The largest absolute Gasteiger partial charge is 0.246 e. The van der Waals surface area contributed by atoms with Crippen molar-refractivity contribution in [2.75, 3.05) is 0 Å². The molecule has 1 heterocycles. The molecule has 0 bridgehead atoms. The summed E-state index contributed by atoms with van der Waals surface area (Å²) in [5, 5.41) is 1.80. The zero-order valence-electron chi connectivity index (χ0n) is 6.36. The lowest BCUT2D eigenvalue weighted by Gasteiger charge is -1.97. The van der Waals surface area contributed by atoms with Crippen molar-refractivity contribution >= 4 is 22.9 Å². The molecular formula is C8H10ClFS. The van der Waals surface area contributed by atoms with Crippen molar-refractivity contribution in [2.24, 2.45) is 0 Å². The first-order valence-electron chi connectivity index (χ1n) is 3.60. The molecule has 0 amide bonds. The normalized spacial score (nSPS) is 10.5. The number of hydrogen-bond donors (Lipinski definition) is 0. The van der Waals surface area contributed by atoms with E-state index >= 15 is 0 Å². The Morgan fingerprint density at radius 1 is 1.64 bits per heavy atom. The molecule has 0 unspecified atom stereocenters. The third-order valence-corrected chi connectivity index (χ3v) is 2.92. The van der Waals surface area contributed by atoms with E-state index in [0.717, 1.165) is 28.3 Å². The lowest BCUT2D eigenvalue weighted by Crippen LogP contribution is -1.86. The molecule has 0 saturated heterocycles. The molecular weight excluding hydrogens is 183 g/mol. The minimum atomic E-state index is -0.390. The fraction of sp³-hybridized carbons (Fsp3) is 0.500. The highest BCUT2D eigenvalue weighted by molar-refractivity contribution is 7.14. The molecule has 0 radical (unpaired) electrons. The highest BCUT2D eigenvalue weighted by Crippen LogP contribution is 2.29. The van der Waals surface area contributed by atoms with Crippen molar-refractivity contribution in [1.82, 2.24) is 0 Å². The second-order valence-electron chi connectivity index (χ2n) is 2.40. The van der Waals surface area contributed by atoms with Gasteiger partial charge in [0.15, 0.2) is 0 Å². The van der Waals surface area contributed by atoms with Gasteiger partial charge in [0.25, 0.3) is 0 Å². The van der Waals surface area contributed by atoms with Crippen LogP contribution in [0.5, 0.6) is 0 Å². The van der Waals surface area contributed by atoms with Crippen LogP contribution in [0.15, 0.2) is 5.38 Å². The molecule has 0 aliphatic heterocycles. The average molecular weight is 193 g/mol. The monoisotopic (exact) mass is 192 g/mol. The second-order valence-corrected chi connectivity index (χ2v) is 3.88. The summed E-state index contributed by atoms with van der Waals surface area (Å²) in [6.07, 6.45) is 1.91. The molecule has 0 fully saturated rings. The maximum atomic E-state index is 12.3. The van der Waals surface area contributed by atoms with E-state index in [0.29, 0.717) is 0 Å². The lowest BCUT2D eigenvalue weighted by atomic mass is 10.1. The molecule has 0 spiro atoms. The smallest absolute Gasteiger partial charge is 0.116 e. The van der Waals surface area contributed by atoms with E-state index in [1.165, 1.54) is 11.3 Å². The van der Waals surface area contributed by atoms with Gasteiger partial charge in [-0.05, 0) is 22.9 Å². The van der Waals surface area contributed by atoms with Crippen LogP contribution in [-0.4, -0.2) is 0 Å². The van der Waals surface area contributed by atoms with Gasteiger partial charge in [0.2, 0.25) is 0 Å². The minimum absolute atomic E-state index is 0.390. The maximum absolute atomic E-state index is 12.3. The Bertz CT molecular complexity index is 232. The van der Waals surface area contributed by atoms with Gasteiger partial charge in [-0.15, -0.1) is 11.3 Å². The Kier molecular flexibility index (Phi) is 3.34. The van der Waals surface area contributed by atoms with Crippen LogP contribution in [0.1, 0.15) is 24.5 Å². The Morgan fingerprint density at radius 2 is 2.36 bits per heavy atom. The van der Waals surface area contributed by atoms with Gasteiger partial charge < -0.3 is 0 Å². The number of hydrogen-bond acceptors (Lipinski definition) is 1. The molecule has 0 saturated carbocycles. The van der Waals surface area contributed by atoms with E-state index in [4.69, 9.17) is 11.6 Å². The first kappa shape index (κ1) is 9.01. The van der Waals surface area contributed by atoms with Crippen LogP contribution in [0, 0.1) is 0 Å². The summed E-state index contributed by atoms with van der Waals surface area (Å²) in [5.41, 5.74) is 1.77. The molecule has 0 aromatic carbocycles. The molecule has 0 aliphatic carbocycles. The quantitative estimate of drug-likeness (QED) is 0.683. The SMILES string of the molecule is CCCc1c(CF)csc1Cl. The Morgan fingerprint density at radius 3 is 2.91 bits per heavy atom. The standard InChI is InChI=1S/C8H10ClFS/c1-2-3-7-6(4-10)5-11-8(7)9/h5H,2-4H2,1H3. The molecule has 0 N–H and O–H groups in total. The summed E-state index contributed by atoms with van der Waals surface area (Å²) in [6, 6.07) is 0. The first-order valence-corrected chi connectivity index (χ1v) is 4.86. The lowest BCUT2D eigenvalue weighted by molar-refractivity contribution is 0.483. The van der Waals surface area contributed by atoms with Crippen molar-refractivity contribution < 1.29 is 4.39 Å². The fourth-order valence-corrected chi connectivity index (χ4v) is 2.19. The Hall–Kier alpha value is -0.0800. The van der Waals surface area contributed by atoms with Gasteiger partial charge in [0.1, 0.15) is 6.67 Å². The zero-order chi connectivity index (χ0) is 8.27. The van der Waals surface area contributed by atoms with Gasteiger partial charge in [-0.3, -0.25) is 0 Å². The van der Waals surface area contributed by atoms with Gasteiger partial charge in [-0.25, -0.2) is 4.39 Å². The number of alkyl halides is 1. The van der Waals surface area contributed by atoms with Crippen molar-refractivity contribution in [3.8, 4) is 0 Å². The number of thiophene rings is 1. The van der Waals surface area contributed by atoms with Crippen molar-refractivity contribution in [3.05, 3.63) is 20.8 Å². The molecule has 1 aromatic heterocycles. The molecule has 0 nitrogen and oxygen atoms in total. The van der Waals surface area contributed by atoms with Crippen LogP contribution in [0.3, 0.4) is 0 Å². The summed E-state index contributed by atoms with van der Waals surface area (Å²) < 4.78 is 13.0. The van der Waals surface area contributed by atoms with Crippen LogP contribution in [-0.2, 0) is 13.1 Å². The first-order chi connectivity index (χ1) is 5.29. The van der Waals surface area contributed by atoms with Gasteiger partial charge >= 0.3 is 0 Å². The summed E-state index contributed by atoms with van der Waals surface area (Å²) >= 11 is 7.28. The van der Waals surface area contributed by atoms with Crippen LogP contribution in [0.2, 0.25) is 4.34 Å². The van der Waals surface area contributed by atoms with Gasteiger partial charge in [-0.1, -0.05) is 24.9 Å². The molecule has 1 rings (SSSR count). The predicted molar refractivity (Wildman–Crippen MR) is 48.1 cm³/mol. The van der Waals surface area contributed by atoms with Crippen molar-refractivity contribution in [1.29, 1.82) is 0 Å². The molecule has 1 aromatic rings. The second kappa shape index (κ2) is 4.07. The van der Waals surface area contributed by atoms with Crippen LogP contribution < -0.4 is 0 Å². The van der Waals surface area contributed by atoms with Crippen LogP contribution >= 0.6 is 22.9 Å². The average Bonchev–Trinajstić information content (AvgIpc) is 2.34. The number of halogens is 2. The third kappa shape index (κ3) is 1.94. The van der Waals surface area contributed by atoms with E-state index in [-0.39, 0.29) is 0 Å². The van der Waals surface area contributed by atoms with E-state index in [2.05, 4.69) is 6.92 Å². The molecule has 62 valence electrons. The molecule has 3 heteroatoms. The van der Waals surface area contributed by atoms with Gasteiger partial charge in [-0.2, -0.15) is 0 Å². The van der Waals surface area contributed by atoms with E-state index < -0.39 is 6.67 Å². The number of rotatable bonds is 3. The summed E-state index contributed by atoms with van der Waals surface area (Å²) in [4.78, 5) is 0. The van der Waals surface area contributed by atoms with Crippen LogP contribution in [0.25, 0.3) is 0 Å². The van der Waals surface area contributed by atoms with Crippen molar-refractivity contribution in [3.63, 3.8) is 0 Å². The third-order valence-electron chi connectivity index (χ3n) is 1.57. The van der Waals surface area contributed by atoms with Crippen LogP contribution in [0.4, 0.5) is 4.39 Å². The minimum Gasteiger partial charge on any atom is -0.246 e. The topological polar surface area (TPSA) is 0 Å². The maximum Gasteiger partial charge on any atom is 0.116 e. The van der Waals surface area contributed by atoms with Crippen molar-refractivity contribution in [2.45, 2.75) is 26.4 Å². The Balaban J connectivity index is 2.88. The Labute approximate surface area is 75.0 Å². The molecule has 11 heavy (non-hydrogen) atoms. The highest BCUT2D eigenvalue weighted by Gasteiger charge is 2.07. The van der Waals surface area contributed by atoms with E-state index in [9.17, 15) is 4.39 Å². The van der Waals surface area contributed by atoms with Gasteiger partial charge in [0, 0.05) is 0 Å².